The van der Waals surface area contributed by atoms with E-state index >= 15 is 0 Å². The number of carbonyl (C=O) groups excluding carboxylic acids is 1. The average molecular weight is 356 g/mol. The SMILES string of the molecule is CC(C)(C)OC(=O)N1CC(c2ccc(C3CC(C(F)(F)F)C3)nc2)C1. The van der Waals surface area contributed by atoms with Crippen LogP contribution in [-0.2, 0) is 4.74 Å². The smallest absolute Gasteiger partial charge is 0.410 e. The Morgan fingerprint density at radius 2 is 1.80 bits per heavy atom. The summed E-state index contributed by atoms with van der Waals surface area (Å²) >= 11 is 0. The van der Waals surface area contributed by atoms with Crippen molar-refractivity contribution in [3.8, 4) is 0 Å². The first-order valence-electron chi connectivity index (χ1n) is 8.53. The van der Waals surface area contributed by atoms with Crippen LogP contribution in [-0.4, -0.2) is 40.8 Å². The quantitative estimate of drug-likeness (QED) is 0.785. The number of hydrogen-bond acceptors (Lipinski definition) is 3. The Morgan fingerprint density at radius 3 is 2.28 bits per heavy atom. The van der Waals surface area contributed by atoms with Gasteiger partial charge in [-0.05, 0) is 45.2 Å². The minimum absolute atomic E-state index is 0.0969. The molecule has 2 fully saturated rings. The summed E-state index contributed by atoms with van der Waals surface area (Å²) in [6.45, 7) is 6.64. The van der Waals surface area contributed by atoms with Crippen molar-refractivity contribution in [1.29, 1.82) is 0 Å². The van der Waals surface area contributed by atoms with E-state index in [0.29, 0.717) is 13.1 Å². The maximum absolute atomic E-state index is 12.6. The normalized spacial score (nSPS) is 24.5. The van der Waals surface area contributed by atoms with E-state index in [4.69, 9.17) is 4.74 Å². The molecule has 0 spiro atoms. The molecule has 25 heavy (non-hydrogen) atoms. The van der Waals surface area contributed by atoms with Crippen molar-refractivity contribution in [3.05, 3.63) is 29.6 Å². The van der Waals surface area contributed by atoms with E-state index in [1.54, 1.807) is 11.1 Å². The Balaban J connectivity index is 1.49. The van der Waals surface area contributed by atoms with Gasteiger partial charge in [0, 0.05) is 36.8 Å². The van der Waals surface area contributed by atoms with Gasteiger partial charge in [0.2, 0.25) is 0 Å². The van der Waals surface area contributed by atoms with Crippen LogP contribution in [0, 0.1) is 5.92 Å². The molecule has 1 aromatic rings. The van der Waals surface area contributed by atoms with Gasteiger partial charge in [0.1, 0.15) is 5.60 Å². The van der Waals surface area contributed by atoms with Crippen molar-refractivity contribution in [1.82, 2.24) is 9.88 Å². The van der Waals surface area contributed by atoms with Crippen LogP contribution in [0.15, 0.2) is 18.3 Å². The number of likely N-dealkylation sites (tertiary alicyclic amines) is 1. The fraction of sp³-hybridized carbons (Fsp3) is 0.667. The van der Waals surface area contributed by atoms with Gasteiger partial charge in [-0.15, -0.1) is 0 Å². The molecule has 1 aliphatic carbocycles. The molecule has 0 N–H and O–H groups in total. The van der Waals surface area contributed by atoms with Gasteiger partial charge < -0.3 is 9.64 Å². The first-order valence-corrected chi connectivity index (χ1v) is 8.53. The second-order valence-electron chi connectivity index (χ2n) is 8.01. The lowest BCUT2D eigenvalue weighted by atomic mass is 9.72. The molecule has 1 aromatic heterocycles. The molecule has 4 nitrogen and oxygen atoms in total. The van der Waals surface area contributed by atoms with E-state index in [1.165, 1.54) is 0 Å². The summed E-state index contributed by atoms with van der Waals surface area (Å²) in [6, 6.07) is 3.74. The number of rotatable bonds is 2. The number of hydrogen-bond donors (Lipinski definition) is 0. The van der Waals surface area contributed by atoms with Gasteiger partial charge >= 0.3 is 12.3 Å². The van der Waals surface area contributed by atoms with Crippen LogP contribution in [0.4, 0.5) is 18.0 Å². The number of halogens is 3. The zero-order valence-electron chi connectivity index (χ0n) is 14.6. The number of pyridine rings is 1. The highest BCUT2D eigenvalue weighted by Gasteiger charge is 2.48. The second kappa shape index (κ2) is 6.18. The first kappa shape index (κ1) is 18.0. The number of amides is 1. The Hall–Kier alpha value is -1.79. The number of nitrogens with zero attached hydrogens (tertiary/aromatic N) is 2. The Bertz CT molecular complexity index is 625. The van der Waals surface area contributed by atoms with E-state index in [9.17, 15) is 18.0 Å². The highest BCUT2D eigenvalue weighted by Crippen LogP contribution is 2.49. The largest absolute Gasteiger partial charge is 0.444 e. The monoisotopic (exact) mass is 356 g/mol. The third-order valence-electron chi connectivity index (χ3n) is 4.83. The van der Waals surface area contributed by atoms with Crippen LogP contribution in [0.25, 0.3) is 0 Å². The predicted molar refractivity (Wildman–Crippen MR) is 86.3 cm³/mol. The molecule has 1 aliphatic heterocycles. The van der Waals surface area contributed by atoms with Gasteiger partial charge in [0.05, 0.1) is 5.92 Å². The highest BCUT2D eigenvalue weighted by atomic mass is 19.4. The van der Waals surface area contributed by atoms with Crippen molar-refractivity contribution in [2.75, 3.05) is 13.1 Å². The number of carbonyl (C=O) groups is 1. The van der Waals surface area contributed by atoms with Crippen molar-refractivity contribution in [3.63, 3.8) is 0 Å². The van der Waals surface area contributed by atoms with Gasteiger partial charge in [0.15, 0.2) is 0 Å². The third kappa shape index (κ3) is 4.07. The molecule has 0 radical (unpaired) electrons. The minimum Gasteiger partial charge on any atom is -0.444 e. The van der Waals surface area contributed by atoms with Gasteiger partial charge in [-0.3, -0.25) is 4.98 Å². The predicted octanol–water partition coefficient (Wildman–Crippen LogP) is 4.47. The lowest BCUT2D eigenvalue weighted by molar-refractivity contribution is -0.197. The molecule has 138 valence electrons. The summed E-state index contributed by atoms with van der Waals surface area (Å²) in [5.74, 6) is -1.08. The van der Waals surface area contributed by atoms with E-state index < -0.39 is 17.7 Å². The molecule has 0 aromatic carbocycles. The van der Waals surface area contributed by atoms with E-state index in [2.05, 4.69) is 4.98 Å². The van der Waals surface area contributed by atoms with E-state index in [1.807, 2.05) is 32.9 Å². The standard InChI is InChI=1S/C18H23F3N2O2/c1-17(2,3)25-16(24)23-9-13(10-23)11-4-5-15(22-8-11)12-6-14(7-12)18(19,20)21/h4-5,8,12-14H,6-7,9-10H2,1-3H3. The molecular formula is C18H23F3N2O2. The van der Waals surface area contributed by atoms with E-state index in [0.717, 1.165) is 11.3 Å². The molecule has 1 saturated carbocycles. The highest BCUT2D eigenvalue weighted by molar-refractivity contribution is 5.69. The zero-order chi connectivity index (χ0) is 18.4. The summed E-state index contributed by atoms with van der Waals surface area (Å²) in [7, 11) is 0. The summed E-state index contributed by atoms with van der Waals surface area (Å²) < 4.78 is 43.0. The minimum atomic E-state index is -4.09. The number of ether oxygens (including phenoxy) is 1. The van der Waals surface area contributed by atoms with Crippen molar-refractivity contribution in [2.45, 2.75) is 57.2 Å². The molecular weight excluding hydrogens is 333 g/mol. The fourth-order valence-corrected chi connectivity index (χ4v) is 3.19. The van der Waals surface area contributed by atoms with Gasteiger partial charge in [-0.1, -0.05) is 6.07 Å². The molecule has 0 bridgehead atoms. The average Bonchev–Trinajstić information content (AvgIpc) is 2.33. The molecule has 1 amide bonds. The van der Waals surface area contributed by atoms with Gasteiger partial charge in [-0.25, -0.2) is 4.79 Å². The second-order valence-corrected chi connectivity index (χ2v) is 8.01. The Labute approximate surface area is 145 Å². The van der Waals surface area contributed by atoms with Crippen LogP contribution in [0.3, 0.4) is 0 Å². The van der Waals surface area contributed by atoms with Gasteiger partial charge in [-0.2, -0.15) is 13.2 Å². The van der Waals surface area contributed by atoms with Crippen LogP contribution >= 0.6 is 0 Å². The van der Waals surface area contributed by atoms with Crippen LogP contribution in [0.1, 0.15) is 56.7 Å². The zero-order valence-corrected chi connectivity index (χ0v) is 14.6. The molecule has 0 atom stereocenters. The lowest BCUT2D eigenvalue weighted by Gasteiger charge is -2.40. The number of aromatic nitrogens is 1. The summed E-state index contributed by atoms with van der Waals surface area (Å²) in [6.07, 6.45) is -2.42. The van der Waals surface area contributed by atoms with Crippen LogP contribution < -0.4 is 0 Å². The van der Waals surface area contributed by atoms with Crippen molar-refractivity contribution >= 4 is 6.09 Å². The molecule has 7 heteroatoms. The maximum Gasteiger partial charge on any atom is 0.410 e. The molecule has 2 aliphatic rings. The molecule has 2 heterocycles. The number of alkyl halides is 3. The first-order chi connectivity index (χ1) is 11.5. The third-order valence-corrected chi connectivity index (χ3v) is 4.83. The summed E-state index contributed by atoms with van der Waals surface area (Å²) in [5, 5.41) is 0. The fourth-order valence-electron chi connectivity index (χ4n) is 3.19. The summed E-state index contributed by atoms with van der Waals surface area (Å²) in [5.41, 5.74) is 1.23. The molecule has 3 rings (SSSR count). The summed E-state index contributed by atoms with van der Waals surface area (Å²) in [4.78, 5) is 17.9. The Morgan fingerprint density at radius 1 is 1.16 bits per heavy atom. The van der Waals surface area contributed by atoms with Crippen LogP contribution in [0.5, 0.6) is 0 Å². The van der Waals surface area contributed by atoms with Crippen molar-refractivity contribution < 1.29 is 22.7 Å². The lowest BCUT2D eigenvalue weighted by Crippen LogP contribution is -2.50. The molecule has 0 unspecified atom stereocenters. The van der Waals surface area contributed by atoms with Gasteiger partial charge in [0.25, 0.3) is 0 Å². The maximum atomic E-state index is 12.6. The van der Waals surface area contributed by atoms with Crippen LogP contribution in [0.2, 0.25) is 0 Å². The topological polar surface area (TPSA) is 42.4 Å². The van der Waals surface area contributed by atoms with E-state index in [-0.39, 0.29) is 30.8 Å². The Kier molecular flexibility index (Phi) is 4.45. The van der Waals surface area contributed by atoms with Crippen molar-refractivity contribution in [2.24, 2.45) is 5.92 Å². The molecule has 1 saturated heterocycles.